The van der Waals surface area contributed by atoms with Crippen molar-refractivity contribution in [3.05, 3.63) is 41.1 Å². The molecule has 2 aromatic rings. The standard InChI is InChI=1S/C21H26N2O3/c1-4-14(3)22-19(24)12-26-21(25)20-15-7-5-6-8-17(15)23-18-10-9-13(2)11-16(18)20/h5-8,13-14H,4,9-12H2,1-3H3,(H,22,24)/t13-,14+/m1/s1. The lowest BCUT2D eigenvalue weighted by molar-refractivity contribution is -0.124. The summed E-state index contributed by atoms with van der Waals surface area (Å²) in [5.41, 5.74) is 3.35. The molecule has 1 aliphatic rings. The maximum atomic E-state index is 12.9. The average Bonchev–Trinajstić information content (AvgIpc) is 2.64. The highest BCUT2D eigenvalue weighted by atomic mass is 16.5. The monoisotopic (exact) mass is 354 g/mol. The summed E-state index contributed by atoms with van der Waals surface area (Å²) in [4.78, 5) is 29.6. The van der Waals surface area contributed by atoms with E-state index in [0.29, 0.717) is 11.5 Å². The van der Waals surface area contributed by atoms with Crippen LogP contribution < -0.4 is 5.32 Å². The lowest BCUT2D eigenvalue weighted by Gasteiger charge is -2.24. The number of ether oxygens (including phenoxy) is 1. The Balaban J connectivity index is 1.89. The number of hydrogen-bond acceptors (Lipinski definition) is 4. The summed E-state index contributed by atoms with van der Waals surface area (Å²) in [5, 5.41) is 3.61. The lowest BCUT2D eigenvalue weighted by Crippen LogP contribution is -2.35. The first-order valence-corrected chi connectivity index (χ1v) is 9.36. The second-order valence-electron chi connectivity index (χ2n) is 7.23. The van der Waals surface area contributed by atoms with Gasteiger partial charge in [-0.15, -0.1) is 0 Å². The SMILES string of the molecule is CC[C@H](C)NC(=O)COC(=O)c1c2c(nc3ccccc13)CC[C@@H](C)C2. The second-order valence-corrected chi connectivity index (χ2v) is 7.23. The summed E-state index contributed by atoms with van der Waals surface area (Å²) in [6.45, 7) is 5.85. The highest BCUT2D eigenvalue weighted by Gasteiger charge is 2.26. The number of aryl methyl sites for hydroxylation is 1. The summed E-state index contributed by atoms with van der Waals surface area (Å²) >= 11 is 0. The van der Waals surface area contributed by atoms with E-state index in [0.717, 1.165) is 47.8 Å². The Bertz CT molecular complexity index is 831. The van der Waals surface area contributed by atoms with Gasteiger partial charge in [0.25, 0.3) is 5.91 Å². The predicted molar refractivity (Wildman–Crippen MR) is 101 cm³/mol. The third-order valence-electron chi connectivity index (χ3n) is 5.06. The molecule has 2 atom stereocenters. The molecule has 5 nitrogen and oxygen atoms in total. The van der Waals surface area contributed by atoms with Gasteiger partial charge in [-0.1, -0.05) is 32.0 Å². The molecule has 5 heteroatoms. The molecule has 138 valence electrons. The lowest BCUT2D eigenvalue weighted by atomic mass is 9.84. The number of pyridine rings is 1. The maximum Gasteiger partial charge on any atom is 0.339 e. The van der Waals surface area contributed by atoms with Gasteiger partial charge in [-0.2, -0.15) is 0 Å². The highest BCUT2D eigenvalue weighted by molar-refractivity contribution is 6.05. The van der Waals surface area contributed by atoms with Crippen LogP contribution in [-0.4, -0.2) is 29.5 Å². The van der Waals surface area contributed by atoms with E-state index in [1.54, 1.807) is 0 Å². The minimum absolute atomic E-state index is 0.0663. The largest absolute Gasteiger partial charge is 0.452 e. The quantitative estimate of drug-likeness (QED) is 0.835. The number of carbonyl (C=O) groups excluding carboxylic acids is 2. The van der Waals surface area contributed by atoms with Crippen LogP contribution in [0.4, 0.5) is 0 Å². The Morgan fingerprint density at radius 1 is 1.35 bits per heavy atom. The van der Waals surface area contributed by atoms with Crippen LogP contribution in [0.25, 0.3) is 10.9 Å². The molecule has 0 bridgehead atoms. The number of nitrogens with zero attached hydrogens (tertiary/aromatic N) is 1. The molecule has 0 aliphatic heterocycles. The summed E-state index contributed by atoms with van der Waals surface area (Å²) in [6.07, 6.45) is 3.59. The van der Waals surface area contributed by atoms with Crippen LogP contribution in [0.2, 0.25) is 0 Å². The van der Waals surface area contributed by atoms with Gasteiger partial charge in [-0.3, -0.25) is 9.78 Å². The summed E-state index contributed by atoms with van der Waals surface area (Å²) < 4.78 is 5.37. The molecule has 26 heavy (non-hydrogen) atoms. The van der Waals surface area contributed by atoms with Gasteiger partial charge in [0.15, 0.2) is 6.61 Å². The first-order chi connectivity index (χ1) is 12.5. The molecule has 1 N–H and O–H groups in total. The fourth-order valence-electron chi connectivity index (χ4n) is 3.42. The Morgan fingerprint density at radius 2 is 2.12 bits per heavy atom. The summed E-state index contributed by atoms with van der Waals surface area (Å²) in [7, 11) is 0. The average molecular weight is 354 g/mol. The van der Waals surface area contributed by atoms with E-state index in [1.807, 2.05) is 38.1 Å². The van der Waals surface area contributed by atoms with Gasteiger partial charge in [0.1, 0.15) is 0 Å². The van der Waals surface area contributed by atoms with E-state index in [9.17, 15) is 9.59 Å². The minimum atomic E-state index is -0.437. The number of carbonyl (C=O) groups is 2. The number of fused-ring (bicyclic) bond motifs is 2. The third kappa shape index (κ3) is 3.87. The van der Waals surface area contributed by atoms with Crippen LogP contribution in [0.15, 0.2) is 24.3 Å². The van der Waals surface area contributed by atoms with Gasteiger partial charge in [-0.05, 0) is 50.2 Å². The van der Waals surface area contributed by atoms with E-state index in [2.05, 4.69) is 12.2 Å². The van der Waals surface area contributed by atoms with Crippen molar-refractivity contribution in [2.75, 3.05) is 6.61 Å². The van der Waals surface area contributed by atoms with Crippen molar-refractivity contribution in [3.8, 4) is 0 Å². The topological polar surface area (TPSA) is 68.3 Å². The number of hydrogen-bond donors (Lipinski definition) is 1. The van der Waals surface area contributed by atoms with Gasteiger partial charge in [0, 0.05) is 17.1 Å². The fraction of sp³-hybridized carbons (Fsp3) is 0.476. The van der Waals surface area contributed by atoms with Crippen LogP contribution in [0.3, 0.4) is 0 Å². The van der Waals surface area contributed by atoms with E-state index < -0.39 is 5.97 Å². The van der Waals surface area contributed by atoms with E-state index >= 15 is 0 Å². The zero-order chi connectivity index (χ0) is 18.7. The van der Waals surface area contributed by atoms with Crippen LogP contribution in [-0.2, 0) is 22.4 Å². The number of esters is 1. The van der Waals surface area contributed by atoms with Crippen LogP contribution in [0, 0.1) is 5.92 Å². The summed E-state index contributed by atoms with van der Waals surface area (Å²) in [6, 6.07) is 7.70. The minimum Gasteiger partial charge on any atom is -0.452 e. The molecule has 1 aliphatic carbocycles. The molecular formula is C21H26N2O3. The smallest absolute Gasteiger partial charge is 0.339 e. The molecule has 1 heterocycles. The van der Waals surface area contributed by atoms with Gasteiger partial charge < -0.3 is 10.1 Å². The van der Waals surface area contributed by atoms with Crippen LogP contribution in [0.1, 0.15) is 55.2 Å². The van der Waals surface area contributed by atoms with Crippen LogP contribution in [0.5, 0.6) is 0 Å². The molecular weight excluding hydrogens is 328 g/mol. The van der Waals surface area contributed by atoms with Gasteiger partial charge in [0.2, 0.25) is 0 Å². The number of nitrogens with one attached hydrogen (secondary N) is 1. The number of para-hydroxylation sites is 1. The Labute approximate surface area is 154 Å². The Kier molecular flexibility index (Phi) is 5.55. The zero-order valence-corrected chi connectivity index (χ0v) is 15.7. The highest BCUT2D eigenvalue weighted by Crippen LogP contribution is 2.31. The first kappa shape index (κ1) is 18.4. The normalized spacial score (nSPS) is 17.4. The first-order valence-electron chi connectivity index (χ1n) is 9.36. The Hall–Kier alpha value is -2.43. The van der Waals surface area contributed by atoms with Crippen molar-refractivity contribution in [2.45, 2.75) is 52.5 Å². The molecule has 0 saturated carbocycles. The predicted octanol–water partition coefficient (Wildman–Crippen LogP) is 3.43. The molecule has 0 radical (unpaired) electrons. The van der Waals surface area contributed by atoms with Crippen molar-refractivity contribution in [1.29, 1.82) is 0 Å². The number of amides is 1. The van der Waals surface area contributed by atoms with Crippen LogP contribution >= 0.6 is 0 Å². The number of benzene rings is 1. The van der Waals surface area contributed by atoms with E-state index in [4.69, 9.17) is 9.72 Å². The van der Waals surface area contributed by atoms with Gasteiger partial charge >= 0.3 is 5.97 Å². The van der Waals surface area contributed by atoms with E-state index in [1.165, 1.54) is 0 Å². The zero-order valence-electron chi connectivity index (χ0n) is 15.7. The van der Waals surface area contributed by atoms with Crippen molar-refractivity contribution in [1.82, 2.24) is 10.3 Å². The number of aromatic nitrogens is 1. The molecule has 1 amide bonds. The molecule has 1 aromatic heterocycles. The third-order valence-corrected chi connectivity index (χ3v) is 5.06. The van der Waals surface area contributed by atoms with Crippen molar-refractivity contribution < 1.29 is 14.3 Å². The fourth-order valence-corrected chi connectivity index (χ4v) is 3.42. The molecule has 1 aromatic carbocycles. The van der Waals surface area contributed by atoms with Crippen molar-refractivity contribution in [3.63, 3.8) is 0 Å². The van der Waals surface area contributed by atoms with Gasteiger partial charge in [-0.25, -0.2) is 4.79 Å². The van der Waals surface area contributed by atoms with E-state index in [-0.39, 0.29) is 18.6 Å². The van der Waals surface area contributed by atoms with Gasteiger partial charge in [0.05, 0.1) is 11.1 Å². The summed E-state index contributed by atoms with van der Waals surface area (Å²) in [5.74, 6) is -0.202. The van der Waals surface area contributed by atoms with Crippen molar-refractivity contribution >= 4 is 22.8 Å². The second kappa shape index (κ2) is 7.85. The molecule has 0 fully saturated rings. The molecule has 3 rings (SSSR count). The molecule has 0 saturated heterocycles. The molecule has 0 unspecified atom stereocenters. The number of rotatable bonds is 5. The molecule has 0 spiro atoms. The van der Waals surface area contributed by atoms with Crippen molar-refractivity contribution in [2.24, 2.45) is 5.92 Å². The Morgan fingerprint density at radius 3 is 2.88 bits per heavy atom. The maximum absolute atomic E-state index is 12.9.